The van der Waals surface area contributed by atoms with Crippen LogP contribution in [0.2, 0.25) is 20.1 Å². The zero-order valence-corrected chi connectivity index (χ0v) is 50.8. The Hall–Kier alpha value is -6.98. The highest BCUT2D eigenvalue weighted by atomic mass is 35.5. The van der Waals surface area contributed by atoms with Crippen molar-refractivity contribution in [3.63, 3.8) is 0 Å². The molecular weight excluding hydrogens is 1130 g/mol. The summed E-state index contributed by atoms with van der Waals surface area (Å²) in [6, 6.07) is 24.3. The topological polar surface area (TPSA) is 172 Å². The molecule has 0 bridgehead atoms. The predicted molar refractivity (Wildman–Crippen MR) is 341 cm³/mol. The summed E-state index contributed by atoms with van der Waals surface area (Å²) in [4.78, 5) is 63.2. The minimum Gasteiger partial charge on any atom is -0.371 e. The lowest BCUT2D eigenvalue weighted by molar-refractivity contribution is -0.132. The van der Waals surface area contributed by atoms with Crippen LogP contribution in [0.15, 0.2) is 97.6 Å². The lowest BCUT2D eigenvalue weighted by Crippen LogP contribution is -2.52. The van der Waals surface area contributed by atoms with Crippen molar-refractivity contribution in [3.8, 4) is 0 Å². The molecule has 4 aromatic carbocycles. The molecule has 5 aliphatic heterocycles. The third kappa shape index (κ3) is 12.8. The SMILES string of the molecule is CC(=O)CCC1CCN(c2cc(Cl)cc3[nH]ccc23)CC1.CN(C)C(=O)C1CCN(c2cc(Cl)cc3[nH]ccc23)C1.Cc1nc2c(n1C)CCN(c1cc(Cl)cc3[nH]ccc13)C2.O=C1NCC2(CCN(c3cc(Cl)cc4[nH]ccc34)CC2)N1. The Kier molecular flexibility index (Phi) is 17.2. The summed E-state index contributed by atoms with van der Waals surface area (Å²) in [5.41, 5.74) is 11.5. The molecule has 1 unspecified atom stereocenters. The zero-order valence-electron chi connectivity index (χ0n) is 47.8. The van der Waals surface area contributed by atoms with E-state index >= 15 is 0 Å². The first kappa shape index (κ1) is 57.8. The van der Waals surface area contributed by atoms with Crippen LogP contribution in [0.4, 0.5) is 27.5 Å². The number of carbonyl (C=O) groups is 3. The van der Waals surface area contributed by atoms with Crippen molar-refractivity contribution in [1.29, 1.82) is 0 Å². The lowest BCUT2D eigenvalue weighted by atomic mass is 9.88. The molecule has 5 aromatic heterocycles. The number of carbonyl (C=O) groups excluding carboxylic acids is 3. The summed E-state index contributed by atoms with van der Waals surface area (Å²) in [5.74, 6) is 2.37. The number of aromatic nitrogens is 6. The van der Waals surface area contributed by atoms with Crippen LogP contribution in [0.5, 0.6) is 0 Å². The van der Waals surface area contributed by atoms with Gasteiger partial charge in [0.15, 0.2) is 0 Å². The van der Waals surface area contributed by atoms with Gasteiger partial charge in [0, 0.05) is 203 Å². The molecule has 20 heteroatoms. The van der Waals surface area contributed by atoms with Crippen molar-refractivity contribution in [3.05, 3.63) is 135 Å². The number of Topliss-reactive ketones (excluding diaryl/α,β-unsaturated/α-hetero) is 1. The molecule has 14 rings (SSSR count). The van der Waals surface area contributed by atoms with E-state index in [2.05, 4.69) is 105 Å². The number of nitrogens with one attached hydrogen (secondary N) is 6. The molecule has 16 nitrogen and oxygen atoms in total. The van der Waals surface area contributed by atoms with Gasteiger partial charge >= 0.3 is 6.03 Å². The predicted octanol–water partition coefficient (Wildman–Crippen LogP) is 13.0. The minimum absolute atomic E-state index is 0.0424. The zero-order chi connectivity index (χ0) is 58.1. The van der Waals surface area contributed by atoms with Crippen LogP contribution in [-0.2, 0) is 29.6 Å². The van der Waals surface area contributed by atoms with Gasteiger partial charge < -0.3 is 64.4 Å². The molecule has 5 aliphatic rings. The van der Waals surface area contributed by atoms with Crippen LogP contribution in [0, 0.1) is 18.8 Å². The van der Waals surface area contributed by atoms with Gasteiger partial charge in [0.1, 0.15) is 11.6 Å². The first-order chi connectivity index (χ1) is 40.0. The van der Waals surface area contributed by atoms with Crippen LogP contribution in [0.3, 0.4) is 0 Å². The Labute approximate surface area is 504 Å². The molecule has 1 atom stereocenters. The second-order valence-corrected chi connectivity index (χ2v) is 24.9. The van der Waals surface area contributed by atoms with Crippen LogP contribution in [0.25, 0.3) is 43.6 Å². The number of H-pyrrole nitrogens is 4. The number of hydrogen-bond acceptors (Lipinski definition) is 8. The number of rotatable bonds is 8. The van der Waals surface area contributed by atoms with E-state index in [9.17, 15) is 14.4 Å². The highest BCUT2D eigenvalue weighted by Crippen LogP contribution is 2.38. The molecule has 4 saturated heterocycles. The summed E-state index contributed by atoms with van der Waals surface area (Å²) >= 11 is 24.9. The number of halogens is 4. The number of imidazole rings is 1. The van der Waals surface area contributed by atoms with Gasteiger partial charge in [-0.05, 0) is 131 Å². The van der Waals surface area contributed by atoms with E-state index in [1.54, 1.807) is 11.8 Å². The van der Waals surface area contributed by atoms with Gasteiger partial charge in [-0.2, -0.15) is 0 Å². The molecule has 3 amide bonds. The Morgan fingerprint density at radius 3 is 1.55 bits per heavy atom. The van der Waals surface area contributed by atoms with Crippen LogP contribution in [-0.4, -0.2) is 124 Å². The van der Waals surface area contributed by atoms with Crippen LogP contribution >= 0.6 is 46.4 Å². The number of fused-ring (bicyclic) bond motifs is 5. The average molecular weight is 1200 g/mol. The van der Waals surface area contributed by atoms with Gasteiger partial charge in [-0.25, -0.2) is 9.78 Å². The van der Waals surface area contributed by atoms with E-state index in [-0.39, 0.29) is 23.4 Å². The van der Waals surface area contributed by atoms with Crippen molar-refractivity contribution in [1.82, 2.24) is 45.0 Å². The molecule has 83 heavy (non-hydrogen) atoms. The fourth-order valence-corrected chi connectivity index (χ4v) is 13.7. The number of benzene rings is 4. The number of piperidine rings is 2. The third-order valence-corrected chi connectivity index (χ3v) is 18.3. The van der Waals surface area contributed by atoms with Gasteiger partial charge in [-0.3, -0.25) is 4.79 Å². The average Bonchev–Trinajstić information content (AvgIpc) is 4.08. The fraction of sp³-hybridized carbons (Fsp3) is 0.397. The molecule has 4 fully saturated rings. The van der Waals surface area contributed by atoms with E-state index in [4.69, 9.17) is 51.4 Å². The van der Waals surface area contributed by atoms with Gasteiger partial charge in [0.25, 0.3) is 0 Å². The van der Waals surface area contributed by atoms with Crippen molar-refractivity contribution >= 4 is 130 Å². The summed E-state index contributed by atoms with van der Waals surface area (Å²) in [6.07, 6.45) is 15.7. The monoisotopic (exact) mass is 1200 g/mol. The van der Waals surface area contributed by atoms with E-state index in [1.165, 1.54) is 44.6 Å². The molecule has 6 N–H and O–H groups in total. The normalized spacial score (nSPS) is 17.7. The molecule has 0 aliphatic carbocycles. The molecule has 1 spiro atoms. The molecule has 9 aromatic rings. The molecule has 436 valence electrons. The minimum atomic E-state index is -0.0661. The van der Waals surface area contributed by atoms with Crippen molar-refractivity contribution in [2.45, 2.75) is 77.3 Å². The van der Waals surface area contributed by atoms with Gasteiger partial charge in [-0.15, -0.1) is 0 Å². The molecular formula is C63H73Cl4N13O3. The largest absolute Gasteiger partial charge is 0.371 e. The molecule has 0 saturated carbocycles. The van der Waals surface area contributed by atoms with Gasteiger partial charge in [0.2, 0.25) is 5.91 Å². The summed E-state index contributed by atoms with van der Waals surface area (Å²) < 4.78 is 2.20. The first-order valence-corrected chi connectivity index (χ1v) is 30.3. The first-order valence-electron chi connectivity index (χ1n) is 28.8. The number of amides is 3. The number of aromatic amines is 4. The third-order valence-electron chi connectivity index (χ3n) is 17.5. The maximum Gasteiger partial charge on any atom is 0.315 e. The second-order valence-electron chi connectivity index (χ2n) is 23.1. The highest BCUT2D eigenvalue weighted by molar-refractivity contribution is 6.33. The number of urea groups is 1. The van der Waals surface area contributed by atoms with E-state index < -0.39 is 0 Å². The van der Waals surface area contributed by atoms with Crippen LogP contribution in [0.1, 0.15) is 69.1 Å². The Morgan fingerprint density at radius 2 is 1.10 bits per heavy atom. The molecule has 10 heterocycles. The maximum absolute atomic E-state index is 12.1. The number of nitrogens with zero attached hydrogens (tertiary/aromatic N) is 7. The number of hydrogen-bond donors (Lipinski definition) is 6. The molecule has 0 radical (unpaired) electrons. The van der Waals surface area contributed by atoms with Gasteiger partial charge in [-0.1, -0.05) is 46.4 Å². The number of ketones is 1. The van der Waals surface area contributed by atoms with E-state index in [0.717, 1.165) is 169 Å². The Morgan fingerprint density at radius 1 is 0.639 bits per heavy atom. The van der Waals surface area contributed by atoms with E-state index in [0.29, 0.717) is 11.7 Å². The van der Waals surface area contributed by atoms with Crippen molar-refractivity contribution in [2.24, 2.45) is 18.9 Å². The number of aryl methyl sites for hydroxylation is 1. The maximum atomic E-state index is 12.1. The Bertz CT molecular complexity index is 3800. The summed E-state index contributed by atoms with van der Waals surface area (Å²) in [7, 11) is 5.73. The van der Waals surface area contributed by atoms with Crippen molar-refractivity contribution in [2.75, 3.05) is 86.1 Å². The fourth-order valence-electron chi connectivity index (χ4n) is 12.8. The van der Waals surface area contributed by atoms with E-state index in [1.807, 2.05) is 75.3 Å². The second kappa shape index (κ2) is 24.7. The van der Waals surface area contributed by atoms with Gasteiger partial charge in [0.05, 0.1) is 23.7 Å². The Balaban J connectivity index is 0.000000116. The lowest BCUT2D eigenvalue weighted by Gasteiger charge is -2.39. The summed E-state index contributed by atoms with van der Waals surface area (Å²) in [6.45, 7) is 11.9. The smallest absolute Gasteiger partial charge is 0.315 e. The summed E-state index contributed by atoms with van der Waals surface area (Å²) in [5, 5.41) is 13.8. The van der Waals surface area contributed by atoms with Crippen LogP contribution < -0.4 is 30.2 Å². The number of anilines is 4. The highest BCUT2D eigenvalue weighted by Gasteiger charge is 2.40. The van der Waals surface area contributed by atoms with Crippen molar-refractivity contribution < 1.29 is 14.4 Å². The quantitative estimate of drug-likeness (QED) is 0.0872. The standard InChI is InChI=1S/C17H21ClN2O.C16H17ClN4.C15H17ClN4O.C15H18ClN3O/c1-12(21)2-3-13-5-8-20(9-6-13)17-11-14(18)10-16-15(17)4-7-19-16;1-10-19-14-9-21(6-4-15(14)20(10)2)16-8-11(17)7-13-12(16)3-5-18-13;16-10-7-12-11(1-4-17-12)13(8-10)20-5-2-15(3-6-20)9-18-14(21)19-15;1-18(2)15(20)10-4-6-19(9-10)14-8-11(16)7-13-12(14)3-5-17-13/h4,7,10-11,13,19H,2-3,5-6,8-9H2,1H3;3,5,7-8,18H,4,6,9H2,1-2H3;1,4,7-8,17H,2-3,5-6,9H2,(H2,18,19,21);3,5,7-8,10,17H,4,6,9H2,1-2H3.